The molecule has 1 unspecified atom stereocenters. The van der Waals surface area contributed by atoms with E-state index in [0.29, 0.717) is 16.6 Å². The lowest BCUT2D eigenvalue weighted by atomic mass is 10.1. The fraction of sp³-hybridized carbons (Fsp3) is 0.0667. The van der Waals surface area contributed by atoms with Crippen LogP contribution in [0.15, 0.2) is 48.5 Å². The zero-order chi connectivity index (χ0) is 13.4. The number of hydrogen-bond acceptors (Lipinski definition) is 2. The van der Waals surface area contributed by atoms with Gasteiger partial charge in [-0.3, -0.25) is 5.73 Å². The second-order valence-electron chi connectivity index (χ2n) is 4.38. The smallest absolute Gasteiger partial charge is 0.494 e. The fourth-order valence-electron chi connectivity index (χ4n) is 2.38. The second-order valence-corrected chi connectivity index (χ2v) is 4.38. The number of amides is 2. The van der Waals surface area contributed by atoms with E-state index in [9.17, 15) is 9.90 Å². The lowest BCUT2D eigenvalue weighted by Gasteiger charge is -2.18. The minimum atomic E-state index is -1.01. The molecule has 1 atom stereocenters. The molecule has 0 saturated heterocycles. The molecule has 0 saturated carbocycles. The summed E-state index contributed by atoms with van der Waals surface area (Å²) < 4.78 is 1.39. The number of para-hydroxylation sites is 2. The monoisotopic (exact) mass is 252 g/mol. The Morgan fingerprint density at radius 1 is 1.11 bits per heavy atom. The van der Waals surface area contributed by atoms with Gasteiger partial charge in [0.1, 0.15) is 11.0 Å². The third-order valence-electron chi connectivity index (χ3n) is 3.21. The summed E-state index contributed by atoms with van der Waals surface area (Å²) in [5.41, 5.74) is 6.59. The molecular formula is C15H12N2O2. The molecule has 3 rings (SSSR count). The van der Waals surface area contributed by atoms with E-state index in [0.717, 1.165) is 5.22 Å². The number of carbonyl (C=O) groups excluding carboxylic acids is 1. The van der Waals surface area contributed by atoms with E-state index in [4.69, 9.17) is 5.73 Å². The molecular weight excluding hydrogens is 240 g/mol. The third-order valence-corrected chi connectivity index (χ3v) is 3.21. The van der Waals surface area contributed by atoms with Gasteiger partial charge in [-0.15, -0.1) is 0 Å². The van der Waals surface area contributed by atoms with Gasteiger partial charge in [-0.1, -0.05) is 48.6 Å². The fourth-order valence-corrected chi connectivity index (χ4v) is 2.38. The summed E-state index contributed by atoms with van der Waals surface area (Å²) in [6, 6.07) is 13.7. The highest BCUT2D eigenvalue weighted by Crippen LogP contribution is 2.23. The highest BCUT2D eigenvalue weighted by atomic mass is 16.3. The van der Waals surface area contributed by atoms with E-state index >= 15 is 0 Å². The van der Waals surface area contributed by atoms with Gasteiger partial charge < -0.3 is 5.11 Å². The van der Waals surface area contributed by atoms with Crippen LogP contribution in [0, 0.1) is 0 Å². The maximum atomic E-state index is 12.3. The quantitative estimate of drug-likeness (QED) is 0.659. The molecule has 4 heteroatoms. The van der Waals surface area contributed by atoms with Gasteiger partial charge in [0, 0.05) is 5.22 Å². The van der Waals surface area contributed by atoms with Crippen LogP contribution >= 0.6 is 0 Å². The number of carbonyl (C=O) groups is 1. The van der Waals surface area contributed by atoms with Crippen LogP contribution in [-0.4, -0.2) is 6.03 Å². The summed E-state index contributed by atoms with van der Waals surface area (Å²) in [6.45, 7) is 0. The van der Waals surface area contributed by atoms with Gasteiger partial charge in [-0.25, -0.2) is 0 Å². The van der Waals surface area contributed by atoms with Crippen LogP contribution in [0.4, 0.5) is 10.5 Å². The highest BCUT2D eigenvalue weighted by Gasteiger charge is 2.20. The van der Waals surface area contributed by atoms with E-state index in [1.807, 2.05) is 18.2 Å². The van der Waals surface area contributed by atoms with Crippen molar-refractivity contribution in [2.75, 3.05) is 0 Å². The number of primary amides is 1. The lowest BCUT2D eigenvalue weighted by Crippen LogP contribution is -2.42. The molecule has 0 radical (unpaired) electrons. The Morgan fingerprint density at radius 3 is 2.58 bits per heavy atom. The molecule has 19 heavy (non-hydrogen) atoms. The van der Waals surface area contributed by atoms with Gasteiger partial charge in [0.25, 0.3) is 0 Å². The Labute approximate surface area is 109 Å². The molecule has 2 aromatic carbocycles. The predicted molar refractivity (Wildman–Crippen MR) is 69.8 cm³/mol. The first kappa shape index (κ1) is 11.6. The average molecular weight is 252 g/mol. The van der Waals surface area contributed by atoms with Crippen molar-refractivity contribution >= 4 is 17.8 Å². The molecule has 1 heterocycles. The Morgan fingerprint density at radius 2 is 1.79 bits per heavy atom. The van der Waals surface area contributed by atoms with Gasteiger partial charge in [-0.05, 0) is 17.7 Å². The van der Waals surface area contributed by atoms with Gasteiger partial charge in [0.05, 0.1) is 0 Å². The Bertz CT molecular complexity index is 781. The van der Waals surface area contributed by atoms with Crippen LogP contribution in [0.25, 0.3) is 6.08 Å². The van der Waals surface area contributed by atoms with Crippen molar-refractivity contribution in [3.8, 4) is 0 Å². The first-order valence-corrected chi connectivity index (χ1v) is 5.96. The molecule has 0 spiro atoms. The number of fused-ring (bicyclic) bond motifs is 2. The van der Waals surface area contributed by atoms with Crippen molar-refractivity contribution in [2.24, 2.45) is 5.73 Å². The molecule has 94 valence electrons. The summed E-state index contributed by atoms with van der Waals surface area (Å²) in [6.07, 6.45) is 0.596. The predicted octanol–water partition coefficient (Wildman–Crippen LogP) is -0.216. The number of benzene rings is 2. The summed E-state index contributed by atoms with van der Waals surface area (Å²) in [5.74, 6) is 0. The Hall–Kier alpha value is -2.46. The van der Waals surface area contributed by atoms with Crippen molar-refractivity contribution in [1.82, 2.24) is 4.58 Å². The van der Waals surface area contributed by atoms with E-state index in [1.165, 1.54) is 4.58 Å². The van der Waals surface area contributed by atoms with Crippen molar-refractivity contribution in [3.63, 3.8) is 0 Å². The third kappa shape index (κ3) is 1.82. The van der Waals surface area contributed by atoms with Crippen LogP contribution < -0.4 is 26.0 Å². The van der Waals surface area contributed by atoms with Gasteiger partial charge >= 0.3 is 6.03 Å². The van der Waals surface area contributed by atoms with Gasteiger partial charge in [0.15, 0.2) is 0 Å². The highest BCUT2D eigenvalue weighted by molar-refractivity contribution is 5.81. The zero-order valence-corrected chi connectivity index (χ0v) is 10.1. The number of hydrogen-bond donors (Lipinski definition) is 1. The summed E-state index contributed by atoms with van der Waals surface area (Å²) in [7, 11) is 0. The zero-order valence-electron chi connectivity index (χ0n) is 10.1. The number of urea groups is 1. The summed E-state index contributed by atoms with van der Waals surface area (Å²) in [4.78, 5) is 11.8. The minimum absolute atomic E-state index is 0.552. The van der Waals surface area contributed by atoms with Crippen LogP contribution in [0.3, 0.4) is 0 Å². The SMILES string of the molecule is NC(=O)[N+]1=c2ccccc2=CC([O-])c2ccccc21. The summed E-state index contributed by atoms with van der Waals surface area (Å²) in [5, 5.41) is 13.6. The Kier molecular flexibility index (Phi) is 2.65. The molecule has 2 amide bonds. The van der Waals surface area contributed by atoms with Crippen molar-refractivity contribution in [1.29, 1.82) is 0 Å². The second kappa shape index (κ2) is 4.33. The first-order valence-electron chi connectivity index (χ1n) is 5.96. The Balaban J connectivity index is 2.53. The van der Waals surface area contributed by atoms with E-state index < -0.39 is 12.1 Å². The molecule has 1 aliphatic rings. The van der Waals surface area contributed by atoms with Crippen molar-refractivity contribution in [2.45, 2.75) is 6.10 Å². The molecule has 0 aromatic heterocycles. The summed E-state index contributed by atoms with van der Waals surface area (Å²) >= 11 is 0. The van der Waals surface area contributed by atoms with Crippen LogP contribution in [0.5, 0.6) is 0 Å². The van der Waals surface area contributed by atoms with E-state index in [-0.39, 0.29) is 0 Å². The molecule has 0 fully saturated rings. The molecule has 4 nitrogen and oxygen atoms in total. The van der Waals surface area contributed by atoms with Crippen molar-refractivity contribution in [3.05, 3.63) is 64.7 Å². The number of nitrogens with zero attached hydrogens (tertiary/aromatic N) is 1. The topological polar surface area (TPSA) is 69.2 Å². The normalized spacial score (nSPS) is 16.9. The number of rotatable bonds is 0. The molecule has 0 bridgehead atoms. The van der Waals surface area contributed by atoms with E-state index in [1.54, 1.807) is 36.4 Å². The van der Waals surface area contributed by atoms with Crippen LogP contribution in [0.2, 0.25) is 0 Å². The largest absolute Gasteiger partial charge is 0.845 e. The van der Waals surface area contributed by atoms with Crippen molar-refractivity contribution < 1.29 is 9.90 Å². The molecule has 2 aromatic rings. The lowest BCUT2D eigenvalue weighted by molar-refractivity contribution is -0.402. The maximum Gasteiger partial charge on any atom is 0.494 e. The van der Waals surface area contributed by atoms with E-state index in [2.05, 4.69) is 0 Å². The average Bonchev–Trinajstić information content (AvgIpc) is 2.53. The first-order chi connectivity index (χ1) is 9.18. The molecule has 0 aliphatic carbocycles. The van der Waals surface area contributed by atoms with Crippen LogP contribution in [0.1, 0.15) is 11.7 Å². The number of nitrogens with two attached hydrogens (primary N) is 1. The van der Waals surface area contributed by atoms with Gasteiger partial charge in [-0.2, -0.15) is 9.37 Å². The maximum absolute atomic E-state index is 12.3. The molecule has 1 aliphatic heterocycles. The van der Waals surface area contributed by atoms with Crippen LogP contribution in [-0.2, 0) is 0 Å². The minimum Gasteiger partial charge on any atom is -0.845 e. The molecule has 2 N–H and O–H groups in total. The van der Waals surface area contributed by atoms with Gasteiger partial charge in [0.2, 0.25) is 0 Å². The standard InChI is InChI=1S/C15H12N2O2/c16-15(19)17-12-7-3-1-5-10(12)9-14(18)11-6-2-4-8-13(11)17/h1-9,14H,(H2,16,19).